The fraction of sp³-hybridized carbons (Fsp3) is 0.188. The number of aromatic nitrogens is 3. The highest BCUT2D eigenvalue weighted by Crippen LogP contribution is 2.26. The van der Waals surface area contributed by atoms with Crippen molar-refractivity contribution in [2.45, 2.75) is 20.3 Å². The summed E-state index contributed by atoms with van der Waals surface area (Å²) in [5, 5.41) is 2.15. The summed E-state index contributed by atoms with van der Waals surface area (Å²) in [6.07, 6.45) is 2.60. The number of benzene rings is 1. The molecule has 0 amide bonds. The SMILES string of the molecule is CCc1nc(-c2nccc3ccccc23)nc(NN)c1C. The van der Waals surface area contributed by atoms with Crippen molar-refractivity contribution in [3.63, 3.8) is 0 Å². The fourth-order valence-corrected chi connectivity index (χ4v) is 2.45. The number of nitrogens with one attached hydrogen (secondary N) is 1. The van der Waals surface area contributed by atoms with Crippen molar-refractivity contribution >= 4 is 16.6 Å². The molecule has 3 N–H and O–H groups in total. The second-order valence-electron chi connectivity index (χ2n) is 4.85. The number of aryl methyl sites for hydroxylation is 1. The molecule has 0 fully saturated rings. The summed E-state index contributed by atoms with van der Waals surface area (Å²) in [4.78, 5) is 13.6. The first-order valence-electron chi connectivity index (χ1n) is 6.92. The minimum absolute atomic E-state index is 0.599. The summed E-state index contributed by atoms with van der Waals surface area (Å²) in [5.41, 5.74) is 5.38. The zero-order valence-electron chi connectivity index (χ0n) is 12.1. The molecule has 5 heteroatoms. The number of hydrogen-bond acceptors (Lipinski definition) is 5. The highest BCUT2D eigenvalue weighted by Gasteiger charge is 2.13. The third-order valence-corrected chi connectivity index (χ3v) is 3.60. The third kappa shape index (κ3) is 2.32. The van der Waals surface area contributed by atoms with Gasteiger partial charge < -0.3 is 5.43 Å². The number of nitrogens with two attached hydrogens (primary N) is 1. The fourth-order valence-electron chi connectivity index (χ4n) is 2.45. The van der Waals surface area contributed by atoms with Crippen LogP contribution in [0.3, 0.4) is 0 Å². The molecule has 3 rings (SSSR count). The number of hydrogen-bond donors (Lipinski definition) is 2. The predicted octanol–water partition coefficient (Wildman–Crippen LogP) is 2.85. The minimum atomic E-state index is 0.599. The number of rotatable bonds is 3. The van der Waals surface area contributed by atoms with E-state index in [1.165, 1.54) is 0 Å². The first-order valence-corrected chi connectivity index (χ1v) is 6.92. The van der Waals surface area contributed by atoms with E-state index < -0.39 is 0 Å². The molecule has 0 aliphatic rings. The van der Waals surface area contributed by atoms with Crippen LogP contribution in [0.4, 0.5) is 5.82 Å². The van der Waals surface area contributed by atoms with Gasteiger partial charge >= 0.3 is 0 Å². The Balaban J connectivity index is 2.28. The van der Waals surface area contributed by atoms with Crippen molar-refractivity contribution in [3.8, 4) is 11.5 Å². The van der Waals surface area contributed by atoms with Gasteiger partial charge in [0.1, 0.15) is 11.5 Å². The maximum atomic E-state index is 5.57. The summed E-state index contributed by atoms with van der Waals surface area (Å²) in [6.45, 7) is 4.03. The van der Waals surface area contributed by atoms with Crippen molar-refractivity contribution < 1.29 is 0 Å². The molecular weight excluding hydrogens is 262 g/mol. The Kier molecular flexibility index (Phi) is 3.50. The average molecular weight is 279 g/mol. The molecule has 0 saturated heterocycles. The summed E-state index contributed by atoms with van der Waals surface area (Å²) >= 11 is 0. The highest BCUT2D eigenvalue weighted by atomic mass is 15.3. The van der Waals surface area contributed by atoms with Crippen LogP contribution in [-0.4, -0.2) is 15.0 Å². The van der Waals surface area contributed by atoms with Crippen LogP contribution >= 0.6 is 0 Å². The van der Waals surface area contributed by atoms with Crippen molar-refractivity contribution in [3.05, 3.63) is 47.8 Å². The Morgan fingerprint density at radius 2 is 1.95 bits per heavy atom. The van der Waals surface area contributed by atoms with Gasteiger partial charge in [-0.05, 0) is 24.8 Å². The highest BCUT2D eigenvalue weighted by molar-refractivity contribution is 5.93. The molecule has 3 aromatic rings. The van der Waals surface area contributed by atoms with Crippen LogP contribution in [0.2, 0.25) is 0 Å². The maximum Gasteiger partial charge on any atom is 0.181 e. The van der Waals surface area contributed by atoms with E-state index in [1.54, 1.807) is 6.20 Å². The Labute approximate surface area is 123 Å². The topological polar surface area (TPSA) is 76.7 Å². The van der Waals surface area contributed by atoms with Gasteiger partial charge in [-0.2, -0.15) is 0 Å². The number of anilines is 1. The molecule has 0 radical (unpaired) electrons. The lowest BCUT2D eigenvalue weighted by Crippen LogP contribution is -2.13. The van der Waals surface area contributed by atoms with Gasteiger partial charge in [-0.1, -0.05) is 31.2 Å². The monoisotopic (exact) mass is 279 g/mol. The van der Waals surface area contributed by atoms with Crippen LogP contribution in [0.5, 0.6) is 0 Å². The third-order valence-electron chi connectivity index (χ3n) is 3.60. The molecule has 2 aromatic heterocycles. The summed E-state index contributed by atoms with van der Waals surface area (Å²) in [6, 6.07) is 10.1. The molecule has 0 aliphatic heterocycles. The second-order valence-corrected chi connectivity index (χ2v) is 4.85. The van der Waals surface area contributed by atoms with Crippen LogP contribution in [-0.2, 0) is 6.42 Å². The Morgan fingerprint density at radius 1 is 1.14 bits per heavy atom. The molecule has 0 aliphatic carbocycles. The number of hydrazine groups is 1. The summed E-state index contributed by atoms with van der Waals surface area (Å²) in [7, 11) is 0. The van der Waals surface area contributed by atoms with Gasteiger partial charge in [-0.25, -0.2) is 15.8 Å². The van der Waals surface area contributed by atoms with Crippen LogP contribution in [0.1, 0.15) is 18.2 Å². The molecular formula is C16H17N5. The summed E-state index contributed by atoms with van der Waals surface area (Å²) in [5.74, 6) is 6.82. The van der Waals surface area contributed by atoms with Crippen LogP contribution in [0, 0.1) is 6.92 Å². The first kappa shape index (κ1) is 13.5. The number of nitrogens with zero attached hydrogens (tertiary/aromatic N) is 3. The van der Waals surface area contributed by atoms with E-state index in [9.17, 15) is 0 Å². The van der Waals surface area contributed by atoms with Crippen LogP contribution in [0.15, 0.2) is 36.5 Å². The second kappa shape index (κ2) is 5.46. The lowest BCUT2D eigenvalue weighted by Gasteiger charge is -2.11. The van der Waals surface area contributed by atoms with E-state index in [2.05, 4.69) is 33.4 Å². The molecule has 106 valence electrons. The predicted molar refractivity (Wildman–Crippen MR) is 84.7 cm³/mol. The normalized spacial score (nSPS) is 10.8. The van der Waals surface area contributed by atoms with E-state index in [-0.39, 0.29) is 0 Å². The molecule has 2 heterocycles. The van der Waals surface area contributed by atoms with Crippen molar-refractivity contribution in [1.82, 2.24) is 15.0 Å². The van der Waals surface area contributed by atoms with Gasteiger partial charge in [-0.15, -0.1) is 0 Å². The Hall–Kier alpha value is -2.53. The number of pyridine rings is 1. The van der Waals surface area contributed by atoms with Crippen LogP contribution in [0.25, 0.3) is 22.3 Å². The van der Waals surface area contributed by atoms with Gasteiger partial charge in [0.2, 0.25) is 0 Å². The average Bonchev–Trinajstić information content (AvgIpc) is 2.54. The Morgan fingerprint density at radius 3 is 2.71 bits per heavy atom. The van der Waals surface area contributed by atoms with Crippen molar-refractivity contribution in [1.29, 1.82) is 0 Å². The molecule has 21 heavy (non-hydrogen) atoms. The first-order chi connectivity index (χ1) is 10.2. The van der Waals surface area contributed by atoms with Gasteiger partial charge in [0, 0.05) is 22.8 Å². The maximum absolute atomic E-state index is 5.57. The van der Waals surface area contributed by atoms with E-state index in [1.807, 2.05) is 31.2 Å². The van der Waals surface area contributed by atoms with Gasteiger partial charge in [0.15, 0.2) is 5.82 Å². The van der Waals surface area contributed by atoms with Gasteiger partial charge in [0.05, 0.1) is 0 Å². The molecule has 5 nitrogen and oxygen atoms in total. The molecule has 0 atom stereocenters. The minimum Gasteiger partial charge on any atom is -0.308 e. The largest absolute Gasteiger partial charge is 0.308 e. The van der Waals surface area contributed by atoms with E-state index in [0.717, 1.165) is 34.1 Å². The number of fused-ring (bicyclic) bond motifs is 1. The van der Waals surface area contributed by atoms with E-state index in [4.69, 9.17) is 5.84 Å². The molecule has 1 aromatic carbocycles. The van der Waals surface area contributed by atoms with Gasteiger partial charge in [0.25, 0.3) is 0 Å². The molecule has 0 bridgehead atoms. The van der Waals surface area contributed by atoms with E-state index >= 15 is 0 Å². The molecule has 0 spiro atoms. The smallest absolute Gasteiger partial charge is 0.181 e. The standard InChI is InChI=1S/C16H17N5/c1-3-13-10(2)15(21-17)20-16(19-13)14-12-7-5-4-6-11(12)8-9-18-14/h4-9H,3,17H2,1-2H3,(H,19,20,21). The number of nitrogen functional groups attached to an aromatic ring is 1. The quantitative estimate of drug-likeness (QED) is 0.569. The lowest BCUT2D eigenvalue weighted by atomic mass is 10.1. The molecule has 0 unspecified atom stereocenters. The Bertz CT molecular complexity index is 767. The van der Waals surface area contributed by atoms with Crippen molar-refractivity contribution in [2.75, 3.05) is 5.43 Å². The zero-order chi connectivity index (χ0) is 14.8. The molecule has 0 saturated carbocycles. The van der Waals surface area contributed by atoms with Crippen LogP contribution < -0.4 is 11.3 Å². The van der Waals surface area contributed by atoms with Crippen molar-refractivity contribution in [2.24, 2.45) is 5.84 Å². The van der Waals surface area contributed by atoms with E-state index in [0.29, 0.717) is 11.6 Å². The zero-order valence-corrected chi connectivity index (χ0v) is 12.1. The summed E-state index contributed by atoms with van der Waals surface area (Å²) < 4.78 is 0. The van der Waals surface area contributed by atoms with Gasteiger partial charge in [-0.3, -0.25) is 4.98 Å². The lowest BCUT2D eigenvalue weighted by molar-refractivity contribution is 0.969.